The fourth-order valence-electron chi connectivity index (χ4n) is 1.82. The van der Waals surface area contributed by atoms with Gasteiger partial charge in [0.1, 0.15) is 0 Å². The molecule has 0 atom stereocenters. The summed E-state index contributed by atoms with van der Waals surface area (Å²) in [4.78, 5) is 11.5. The zero-order chi connectivity index (χ0) is 13.9. The Morgan fingerprint density at radius 2 is 2.00 bits per heavy atom. The van der Waals surface area contributed by atoms with Crippen LogP contribution in [0.1, 0.15) is 37.7 Å². The van der Waals surface area contributed by atoms with Crippen molar-refractivity contribution in [3.8, 4) is 0 Å². The van der Waals surface area contributed by atoms with Crippen LogP contribution in [0.4, 0.5) is 5.69 Å². The molecule has 1 aromatic carbocycles. The second-order valence-electron chi connectivity index (χ2n) is 4.60. The van der Waals surface area contributed by atoms with Crippen LogP contribution in [0.15, 0.2) is 24.3 Å². The molecule has 0 heterocycles. The van der Waals surface area contributed by atoms with E-state index in [9.17, 15) is 4.79 Å². The summed E-state index contributed by atoms with van der Waals surface area (Å²) in [5, 5.41) is 8.61. The first kappa shape index (κ1) is 15.5. The molecule has 0 aromatic heterocycles. The zero-order valence-electron chi connectivity index (χ0n) is 11.3. The number of rotatable bonds is 9. The number of aliphatic hydroxyl groups is 1. The number of aliphatic hydroxyl groups excluding tert-OH is 1. The average Bonchev–Trinajstić information content (AvgIpc) is 2.40. The van der Waals surface area contributed by atoms with Gasteiger partial charge in [0.2, 0.25) is 0 Å². The zero-order valence-corrected chi connectivity index (χ0v) is 11.3. The van der Waals surface area contributed by atoms with Crippen molar-refractivity contribution in [1.29, 1.82) is 0 Å². The van der Waals surface area contributed by atoms with Gasteiger partial charge >= 0.3 is 5.97 Å². The van der Waals surface area contributed by atoms with Crippen molar-refractivity contribution in [2.75, 3.05) is 18.9 Å². The van der Waals surface area contributed by atoms with E-state index in [0.29, 0.717) is 19.4 Å². The van der Waals surface area contributed by atoms with Gasteiger partial charge < -0.3 is 15.6 Å². The van der Waals surface area contributed by atoms with E-state index in [0.717, 1.165) is 36.9 Å². The maximum atomic E-state index is 11.5. The number of anilines is 1. The minimum atomic E-state index is -0.162. The standard InChI is InChI=1S/C15H23NO3/c16-14-7-5-6-13(12-14)8-9-15(18)19-11-4-2-1-3-10-17/h5-7,12,17H,1-4,8-11,16H2. The third-order valence-corrected chi connectivity index (χ3v) is 2.88. The van der Waals surface area contributed by atoms with Crippen LogP contribution in [0.3, 0.4) is 0 Å². The summed E-state index contributed by atoms with van der Waals surface area (Å²) < 4.78 is 5.14. The Kier molecular flexibility index (Phi) is 7.66. The number of ether oxygens (including phenoxy) is 1. The summed E-state index contributed by atoms with van der Waals surface area (Å²) in [6.07, 6.45) is 4.71. The Morgan fingerprint density at radius 1 is 1.21 bits per heavy atom. The lowest BCUT2D eigenvalue weighted by atomic mass is 10.1. The van der Waals surface area contributed by atoms with E-state index in [2.05, 4.69) is 0 Å². The van der Waals surface area contributed by atoms with Gasteiger partial charge in [-0.25, -0.2) is 0 Å². The van der Waals surface area contributed by atoms with Crippen LogP contribution in [0.25, 0.3) is 0 Å². The molecule has 106 valence electrons. The van der Waals surface area contributed by atoms with Gasteiger partial charge in [-0.05, 0) is 43.4 Å². The largest absolute Gasteiger partial charge is 0.466 e. The van der Waals surface area contributed by atoms with E-state index in [1.807, 2.05) is 24.3 Å². The number of aryl methyl sites for hydroxylation is 1. The number of unbranched alkanes of at least 4 members (excludes halogenated alkanes) is 3. The summed E-state index contributed by atoms with van der Waals surface area (Å²) in [5.41, 5.74) is 7.44. The highest BCUT2D eigenvalue weighted by Gasteiger charge is 2.03. The topological polar surface area (TPSA) is 72.6 Å². The summed E-state index contributed by atoms with van der Waals surface area (Å²) in [7, 11) is 0. The fourth-order valence-corrected chi connectivity index (χ4v) is 1.82. The highest BCUT2D eigenvalue weighted by Crippen LogP contribution is 2.09. The van der Waals surface area contributed by atoms with Crippen LogP contribution in [0.2, 0.25) is 0 Å². The first-order valence-corrected chi connectivity index (χ1v) is 6.83. The molecule has 1 aromatic rings. The summed E-state index contributed by atoms with van der Waals surface area (Å²) in [6, 6.07) is 7.55. The van der Waals surface area contributed by atoms with Crippen molar-refractivity contribution in [3.63, 3.8) is 0 Å². The van der Waals surface area contributed by atoms with E-state index in [1.165, 1.54) is 0 Å². The number of carbonyl (C=O) groups is 1. The van der Waals surface area contributed by atoms with Crippen LogP contribution in [0.5, 0.6) is 0 Å². The Balaban J connectivity index is 2.08. The smallest absolute Gasteiger partial charge is 0.306 e. The van der Waals surface area contributed by atoms with Crippen LogP contribution in [-0.2, 0) is 16.0 Å². The molecule has 1 rings (SSSR count). The molecule has 0 aliphatic rings. The lowest BCUT2D eigenvalue weighted by Gasteiger charge is -2.05. The Labute approximate surface area is 114 Å². The van der Waals surface area contributed by atoms with Crippen LogP contribution < -0.4 is 5.73 Å². The third-order valence-electron chi connectivity index (χ3n) is 2.88. The van der Waals surface area contributed by atoms with E-state index >= 15 is 0 Å². The van der Waals surface area contributed by atoms with Crippen LogP contribution >= 0.6 is 0 Å². The highest BCUT2D eigenvalue weighted by molar-refractivity contribution is 5.69. The summed E-state index contributed by atoms with van der Waals surface area (Å²) in [5.74, 6) is -0.162. The molecular weight excluding hydrogens is 242 g/mol. The molecule has 19 heavy (non-hydrogen) atoms. The molecule has 4 nitrogen and oxygen atoms in total. The highest BCUT2D eigenvalue weighted by atomic mass is 16.5. The minimum absolute atomic E-state index is 0.162. The Bertz CT molecular complexity index is 379. The number of nitrogens with two attached hydrogens (primary N) is 1. The van der Waals surface area contributed by atoms with Crippen molar-refractivity contribution in [3.05, 3.63) is 29.8 Å². The molecular formula is C15H23NO3. The number of esters is 1. The van der Waals surface area contributed by atoms with Crippen LogP contribution in [-0.4, -0.2) is 24.3 Å². The molecule has 0 unspecified atom stereocenters. The molecule has 0 saturated heterocycles. The summed E-state index contributed by atoms with van der Waals surface area (Å²) in [6.45, 7) is 0.710. The number of hydrogen-bond donors (Lipinski definition) is 2. The number of benzene rings is 1. The van der Waals surface area contributed by atoms with Crippen molar-refractivity contribution in [2.24, 2.45) is 0 Å². The van der Waals surface area contributed by atoms with Crippen molar-refractivity contribution in [2.45, 2.75) is 38.5 Å². The van der Waals surface area contributed by atoms with Crippen molar-refractivity contribution >= 4 is 11.7 Å². The van der Waals surface area contributed by atoms with Gasteiger partial charge in [-0.15, -0.1) is 0 Å². The summed E-state index contributed by atoms with van der Waals surface area (Å²) >= 11 is 0. The first-order valence-electron chi connectivity index (χ1n) is 6.83. The molecule has 0 saturated carbocycles. The molecule has 0 fully saturated rings. The fraction of sp³-hybridized carbons (Fsp3) is 0.533. The van der Waals surface area contributed by atoms with Gasteiger partial charge in [0.05, 0.1) is 6.61 Å². The van der Waals surface area contributed by atoms with Gasteiger partial charge in [-0.1, -0.05) is 18.6 Å². The maximum absolute atomic E-state index is 11.5. The second-order valence-corrected chi connectivity index (χ2v) is 4.60. The maximum Gasteiger partial charge on any atom is 0.306 e. The molecule has 0 amide bonds. The van der Waals surface area contributed by atoms with Gasteiger partial charge in [0.15, 0.2) is 0 Å². The SMILES string of the molecule is Nc1cccc(CCC(=O)OCCCCCCO)c1. The third kappa shape index (κ3) is 7.47. The molecule has 0 bridgehead atoms. The monoisotopic (exact) mass is 265 g/mol. The molecule has 0 radical (unpaired) electrons. The second kappa shape index (κ2) is 9.39. The Hall–Kier alpha value is -1.55. The van der Waals surface area contributed by atoms with Crippen LogP contribution in [0, 0.1) is 0 Å². The molecule has 0 aliphatic heterocycles. The van der Waals surface area contributed by atoms with Crippen molar-refractivity contribution < 1.29 is 14.6 Å². The van der Waals surface area contributed by atoms with E-state index in [-0.39, 0.29) is 12.6 Å². The molecule has 0 spiro atoms. The first-order chi connectivity index (χ1) is 9.22. The lowest BCUT2D eigenvalue weighted by Crippen LogP contribution is -2.07. The van der Waals surface area contributed by atoms with E-state index in [1.54, 1.807) is 0 Å². The van der Waals surface area contributed by atoms with Gasteiger partial charge in [0.25, 0.3) is 0 Å². The number of carbonyl (C=O) groups excluding carboxylic acids is 1. The van der Waals surface area contributed by atoms with E-state index < -0.39 is 0 Å². The van der Waals surface area contributed by atoms with Gasteiger partial charge in [-0.2, -0.15) is 0 Å². The normalized spacial score (nSPS) is 10.4. The van der Waals surface area contributed by atoms with Crippen molar-refractivity contribution in [1.82, 2.24) is 0 Å². The van der Waals surface area contributed by atoms with Gasteiger partial charge in [0, 0.05) is 18.7 Å². The predicted molar refractivity (Wildman–Crippen MR) is 75.7 cm³/mol. The Morgan fingerprint density at radius 3 is 2.74 bits per heavy atom. The quantitative estimate of drug-likeness (QED) is 0.408. The van der Waals surface area contributed by atoms with E-state index in [4.69, 9.17) is 15.6 Å². The molecule has 3 N–H and O–H groups in total. The van der Waals surface area contributed by atoms with Gasteiger partial charge in [-0.3, -0.25) is 4.79 Å². The number of hydrogen-bond acceptors (Lipinski definition) is 4. The molecule has 4 heteroatoms. The number of nitrogen functional groups attached to an aromatic ring is 1. The predicted octanol–water partition coefficient (Wildman–Crippen LogP) is 2.30. The molecule has 0 aliphatic carbocycles. The lowest BCUT2D eigenvalue weighted by molar-refractivity contribution is -0.143. The minimum Gasteiger partial charge on any atom is -0.466 e. The average molecular weight is 265 g/mol.